The number of anilines is 1. The minimum absolute atomic E-state index is 0.0380. The lowest BCUT2D eigenvalue weighted by molar-refractivity contribution is -0.152. The second kappa shape index (κ2) is 6.68. The molecule has 0 bridgehead atoms. The first-order valence-electron chi connectivity index (χ1n) is 8.73. The standard InChI is InChI=1S/C17H22N4O4/c22-15-8-25-17(10-21(15)14-6-18-12-19-7-14)9-20(4-5-24-11-17)16(23)13-2-1-3-13/h6-7,12-13H,1-5,8-11H2. The summed E-state index contributed by atoms with van der Waals surface area (Å²) >= 11 is 0. The highest BCUT2D eigenvalue weighted by Gasteiger charge is 2.45. The third-order valence-corrected chi connectivity index (χ3v) is 5.22. The fraction of sp³-hybridized carbons (Fsp3) is 0.647. The van der Waals surface area contributed by atoms with Crippen molar-refractivity contribution in [3.63, 3.8) is 0 Å². The van der Waals surface area contributed by atoms with E-state index in [0.29, 0.717) is 38.5 Å². The average molecular weight is 346 g/mol. The van der Waals surface area contributed by atoms with Crippen LogP contribution in [0.5, 0.6) is 0 Å². The number of amides is 2. The minimum atomic E-state index is -0.709. The van der Waals surface area contributed by atoms with Gasteiger partial charge in [0.05, 0.1) is 44.4 Å². The second-order valence-electron chi connectivity index (χ2n) is 6.99. The van der Waals surface area contributed by atoms with Crippen molar-refractivity contribution >= 4 is 17.5 Å². The lowest BCUT2D eigenvalue weighted by atomic mass is 9.84. The molecule has 1 aliphatic carbocycles. The highest BCUT2D eigenvalue weighted by Crippen LogP contribution is 2.31. The third kappa shape index (κ3) is 3.23. The van der Waals surface area contributed by atoms with Crippen molar-refractivity contribution < 1.29 is 19.1 Å². The number of morpholine rings is 1. The van der Waals surface area contributed by atoms with Crippen LogP contribution in [0.3, 0.4) is 0 Å². The summed E-state index contributed by atoms with van der Waals surface area (Å²) < 4.78 is 11.6. The van der Waals surface area contributed by atoms with Crippen molar-refractivity contribution in [1.82, 2.24) is 14.9 Å². The molecule has 2 amide bonds. The highest BCUT2D eigenvalue weighted by atomic mass is 16.6. The zero-order chi connectivity index (χ0) is 17.3. The molecule has 1 atom stereocenters. The normalized spacial score (nSPS) is 27.9. The summed E-state index contributed by atoms with van der Waals surface area (Å²) in [5, 5.41) is 0. The lowest BCUT2D eigenvalue weighted by Gasteiger charge is -2.43. The Kier molecular flexibility index (Phi) is 4.39. The Hall–Kier alpha value is -2.06. The van der Waals surface area contributed by atoms with Gasteiger partial charge < -0.3 is 19.3 Å². The fourth-order valence-corrected chi connectivity index (χ4v) is 3.57. The van der Waals surface area contributed by atoms with Crippen LogP contribution in [0.25, 0.3) is 0 Å². The van der Waals surface area contributed by atoms with E-state index in [1.807, 2.05) is 4.90 Å². The van der Waals surface area contributed by atoms with Crippen molar-refractivity contribution in [2.45, 2.75) is 24.9 Å². The number of rotatable bonds is 2. The zero-order valence-corrected chi connectivity index (χ0v) is 14.1. The van der Waals surface area contributed by atoms with Gasteiger partial charge in [0.2, 0.25) is 5.91 Å². The van der Waals surface area contributed by atoms with Crippen molar-refractivity contribution in [1.29, 1.82) is 0 Å². The summed E-state index contributed by atoms with van der Waals surface area (Å²) in [6.45, 7) is 2.16. The Morgan fingerprint density at radius 1 is 1.24 bits per heavy atom. The van der Waals surface area contributed by atoms with Gasteiger partial charge in [0.25, 0.3) is 5.91 Å². The van der Waals surface area contributed by atoms with Crippen LogP contribution in [-0.2, 0) is 19.1 Å². The molecule has 0 N–H and O–H groups in total. The molecule has 25 heavy (non-hydrogen) atoms. The summed E-state index contributed by atoms with van der Waals surface area (Å²) in [5.74, 6) is 0.187. The summed E-state index contributed by atoms with van der Waals surface area (Å²) in [5.41, 5.74) is -0.0732. The maximum Gasteiger partial charge on any atom is 0.253 e. The van der Waals surface area contributed by atoms with Crippen molar-refractivity contribution in [3.05, 3.63) is 18.7 Å². The summed E-state index contributed by atoms with van der Waals surface area (Å²) in [6, 6.07) is 0. The van der Waals surface area contributed by atoms with Gasteiger partial charge in [0.1, 0.15) is 18.5 Å². The maximum atomic E-state index is 12.7. The van der Waals surface area contributed by atoms with Gasteiger partial charge in [-0.3, -0.25) is 9.59 Å². The molecule has 2 saturated heterocycles. The van der Waals surface area contributed by atoms with Gasteiger partial charge in [-0.05, 0) is 12.8 Å². The summed E-state index contributed by atoms with van der Waals surface area (Å²) in [6.07, 6.45) is 7.71. The van der Waals surface area contributed by atoms with E-state index in [2.05, 4.69) is 9.97 Å². The van der Waals surface area contributed by atoms with Gasteiger partial charge in [-0.1, -0.05) is 6.42 Å². The van der Waals surface area contributed by atoms with Crippen molar-refractivity contribution in [2.75, 3.05) is 44.4 Å². The SMILES string of the molecule is O=C(C1CCC1)N1CCOCC2(C1)CN(c1cncnc1)C(=O)CO2. The van der Waals surface area contributed by atoms with Gasteiger partial charge in [0, 0.05) is 12.5 Å². The molecule has 3 aliphatic rings. The van der Waals surface area contributed by atoms with Crippen molar-refractivity contribution in [2.24, 2.45) is 5.92 Å². The van der Waals surface area contributed by atoms with E-state index in [4.69, 9.17) is 9.47 Å². The molecule has 134 valence electrons. The number of ether oxygens (including phenoxy) is 2. The van der Waals surface area contributed by atoms with E-state index in [0.717, 1.165) is 19.3 Å². The van der Waals surface area contributed by atoms with Crippen LogP contribution >= 0.6 is 0 Å². The molecule has 3 fully saturated rings. The molecule has 1 saturated carbocycles. The molecule has 8 nitrogen and oxygen atoms in total. The van der Waals surface area contributed by atoms with Crippen LogP contribution in [-0.4, -0.2) is 71.7 Å². The van der Waals surface area contributed by atoms with E-state index < -0.39 is 5.60 Å². The van der Waals surface area contributed by atoms with Crippen LogP contribution in [0, 0.1) is 5.92 Å². The first-order chi connectivity index (χ1) is 12.2. The van der Waals surface area contributed by atoms with Crippen LogP contribution in [0.1, 0.15) is 19.3 Å². The van der Waals surface area contributed by atoms with Crippen LogP contribution in [0.2, 0.25) is 0 Å². The quantitative estimate of drug-likeness (QED) is 0.763. The minimum Gasteiger partial charge on any atom is -0.376 e. The molecule has 0 radical (unpaired) electrons. The second-order valence-corrected chi connectivity index (χ2v) is 6.99. The summed E-state index contributed by atoms with van der Waals surface area (Å²) in [7, 11) is 0. The topological polar surface area (TPSA) is 84.9 Å². The smallest absolute Gasteiger partial charge is 0.253 e. The fourth-order valence-electron chi connectivity index (χ4n) is 3.57. The number of hydrogen-bond donors (Lipinski definition) is 0. The molecule has 2 aliphatic heterocycles. The molecule has 8 heteroatoms. The number of hydrogen-bond acceptors (Lipinski definition) is 6. The Bertz CT molecular complexity index is 651. The molecule has 1 aromatic heterocycles. The molecule has 1 spiro atoms. The van der Waals surface area contributed by atoms with E-state index >= 15 is 0 Å². The highest BCUT2D eigenvalue weighted by molar-refractivity contribution is 5.95. The predicted octanol–water partition coefficient (Wildman–Crippen LogP) is 0.238. The Morgan fingerprint density at radius 2 is 2.04 bits per heavy atom. The Morgan fingerprint density at radius 3 is 2.76 bits per heavy atom. The molecular formula is C17H22N4O4. The van der Waals surface area contributed by atoms with Gasteiger partial charge in [0.15, 0.2) is 0 Å². The number of aromatic nitrogens is 2. The van der Waals surface area contributed by atoms with E-state index in [1.165, 1.54) is 6.33 Å². The molecular weight excluding hydrogens is 324 g/mol. The van der Waals surface area contributed by atoms with Crippen LogP contribution in [0.15, 0.2) is 18.7 Å². The molecule has 0 aromatic carbocycles. The zero-order valence-electron chi connectivity index (χ0n) is 14.1. The van der Waals surface area contributed by atoms with E-state index in [9.17, 15) is 9.59 Å². The number of carbonyl (C=O) groups excluding carboxylic acids is 2. The molecule has 1 aromatic rings. The molecule has 4 rings (SSSR count). The number of nitrogens with zero attached hydrogens (tertiary/aromatic N) is 4. The van der Waals surface area contributed by atoms with Crippen molar-refractivity contribution in [3.8, 4) is 0 Å². The lowest BCUT2D eigenvalue weighted by Crippen LogP contribution is -2.61. The van der Waals surface area contributed by atoms with Gasteiger partial charge in [-0.25, -0.2) is 9.97 Å². The first kappa shape index (κ1) is 16.4. The Balaban J connectivity index is 1.54. The average Bonchev–Trinajstić information content (AvgIpc) is 2.79. The van der Waals surface area contributed by atoms with Gasteiger partial charge >= 0.3 is 0 Å². The van der Waals surface area contributed by atoms with E-state index in [1.54, 1.807) is 17.3 Å². The van der Waals surface area contributed by atoms with Crippen LogP contribution in [0.4, 0.5) is 5.69 Å². The largest absolute Gasteiger partial charge is 0.376 e. The molecule has 3 heterocycles. The van der Waals surface area contributed by atoms with E-state index in [-0.39, 0.29) is 24.3 Å². The third-order valence-electron chi connectivity index (χ3n) is 5.22. The van der Waals surface area contributed by atoms with Crippen LogP contribution < -0.4 is 4.90 Å². The first-order valence-corrected chi connectivity index (χ1v) is 8.73. The number of carbonyl (C=O) groups is 2. The molecule has 1 unspecified atom stereocenters. The van der Waals surface area contributed by atoms with Gasteiger partial charge in [-0.15, -0.1) is 0 Å². The monoisotopic (exact) mass is 346 g/mol. The Labute approximate surface area is 146 Å². The van der Waals surface area contributed by atoms with Gasteiger partial charge in [-0.2, -0.15) is 0 Å². The summed E-state index contributed by atoms with van der Waals surface area (Å²) in [4.78, 5) is 36.5. The maximum absolute atomic E-state index is 12.7. The predicted molar refractivity (Wildman–Crippen MR) is 87.8 cm³/mol.